The van der Waals surface area contributed by atoms with Crippen molar-refractivity contribution in [1.82, 2.24) is 9.99 Å². The van der Waals surface area contributed by atoms with E-state index in [1.165, 1.54) is 11.8 Å². The number of para-hydroxylation sites is 1. The topological polar surface area (TPSA) is 58.7 Å². The zero-order valence-corrected chi connectivity index (χ0v) is 17.0. The van der Waals surface area contributed by atoms with Gasteiger partial charge in [-0.15, -0.1) is 11.3 Å². The van der Waals surface area contributed by atoms with Gasteiger partial charge in [0.15, 0.2) is 0 Å². The molecule has 0 saturated carbocycles. The van der Waals surface area contributed by atoms with Crippen molar-refractivity contribution in [2.24, 2.45) is 5.10 Å². The van der Waals surface area contributed by atoms with Crippen molar-refractivity contribution in [1.29, 1.82) is 0 Å². The van der Waals surface area contributed by atoms with Crippen molar-refractivity contribution >= 4 is 45.6 Å². The van der Waals surface area contributed by atoms with E-state index in [0.717, 1.165) is 26.5 Å². The Balaban J connectivity index is 1.35. The number of nitrogens with zero attached hydrogens (tertiary/aromatic N) is 3. The molecule has 0 fully saturated rings. The predicted molar refractivity (Wildman–Crippen MR) is 116 cm³/mol. The number of aromatic nitrogens is 1. The highest BCUT2D eigenvalue weighted by molar-refractivity contribution is 7.99. The standard InChI is InChI=1S/C22H17N3O2S2/c26-22(14-29-21-10-9-15-5-1-2-6-16(15)23-21)25-18(20-8-4-12-28-20)13-17(24-25)19-7-3-11-27-19/h1-12,18H,13-14H2/t18-/m1/s1. The van der Waals surface area contributed by atoms with Crippen molar-refractivity contribution < 1.29 is 9.21 Å². The third kappa shape index (κ3) is 3.71. The van der Waals surface area contributed by atoms with E-state index >= 15 is 0 Å². The third-order valence-electron chi connectivity index (χ3n) is 4.76. The summed E-state index contributed by atoms with van der Waals surface area (Å²) in [7, 11) is 0. The molecule has 1 aliphatic rings. The van der Waals surface area contributed by atoms with Gasteiger partial charge in [0, 0.05) is 16.7 Å². The largest absolute Gasteiger partial charge is 0.463 e. The van der Waals surface area contributed by atoms with Crippen LogP contribution in [0.4, 0.5) is 0 Å². The number of thioether (sulfide) groups is 1. The maximum atomic E-state index is 13.0. The molecule has 7 heteroatoms. The summed E-state index contributed by atoms with van der Waals surface area (Å²) in [5.74, 6) is 0.956. The summed E-state index contributed by atoms with van der Waals surface area (Å²) in [5.41, 5.74) is 1.73. The number of pyridine rings is 1. The Morgan fingerprint density at radius 2 is 2.07 bits per heavy atom. The molecule has 0 unspecified atom stereocenters. The molecule has 0 N–H and O–H groups in total. The van der Waals surface area contributed by atoms with Gasteiger partial charge in [0.25, 0.3) is 5.91 Å². The average Bonchev–Trinajstić information content (AvgIpc) is 3.52. The van der Waals surface area contributed by atoms with E-state index in [1.807, 2.05) is 66.0 Å². The molecule has 1 amide bonds. The highest BCUT2D eigenvalue weighted by Crippen LogP contribution is 2.36. The second-order valence-electron chi connectivity index (χ2n) is 6.63. The number of thiophene rings is 1. The SMILES string of the molecule is O=C(CSc1ccc2ccccc2n1)N1N=C(c2ccco2)C[C@@H]1c1cccs1. The third-order valence-corrected chi connectivity index (χ3v) is 6.65. The van der Waals surface area contributed by atoms with Crippen LogP contribution in [0.5, 0.6) is 0 Å². The van der Waals surface area contributed by atoms with Crippen LogP contribution in [-0.4, -0.2) is 27.4 Å². The maximum absolute atomic E-state index is 13.0. The minimum atomic E-state index is -0.0900. The molecule has 0 radical (unpaired) electrons. The molecule has 0 bridgehead atoms. The van der Waals surface area contributed by atoms with E-state index in [1.54, 1.807) is 22.6 Å². The van der Waals surface area contributed by atoms with E-state index in [-0.39, 0.29) is 17.7 Å². The first-order valence-corrected chi connectivity index (χ1v) is 11.1. The van der Waals surface area contributed by atoms with Crippen LogP contribution in [0.3, 0.4) is 0 Å². The number of fused-ring (bicyclic) bond motifs is 1. The van der Waals surface area contributed by atoms with Gasteiger partial charge in [-0.2, -0.15) is 5.10 Å². The van der Waals surface area contributed by atoms with Gasteiger partial charge in [-0.3, -0.25) is 4.79 Å². The fourth-order valence-corrected chi connectivity index (χ4v) is 4.91. The number of hydrazone groups is 1. The number of hydrogen-bond donors (Lipinski definition) is 0. The first kappa shape index (κ1) is 18.1. The minimum Gasteiger partial charge on any atom is -0.463 e. The number of hydrogen-bond acceptors (Lipinski definition) is 6. The summed E-state index contributed by atoms with van der Waals surface area (Å²) in [5, 5.41) is 10.2. The number of rotatable bonds is 5. The predicted octanol–water partition coefficient (Wildman–Crippen LogP) is 5.36. The van der Waals surface area contributed by atoms with E-state index < -0.39 is 0 Å². The molecule has 5 rings (SSSR count). The number of furan rings is 1. The van der Waals surface area contributed by atoms with Crippen molar-refractivity contribution in [3.63, 3.8) is 0 Å². The summed E-state index contributed by atoms with van der Waals surface area (Å²) < 4.78 is 5.50. The summed E-state index contributed by atoms with van der Waals surface area (Å²) in [4.78, 5) is 18.8. The highest BCUT2D eigenvalue weighted by atomic mass is 32.2. The highest BCUT2D eigenvalue weighted by Gasteiger charge is 2.34. The second kappa shape index (κ2) is 7.85. The number of carbonyl (C=O) groups excluding carboxylic acids is 1. The van der Waals surface area contributed by atoms with Crippen molar-refractivity contribution in [2.45, 2.75) is 17.5 Å². The van der Waals surface area contributed by atoms with Crippen LogP contribution in [0.25, 0.3) is 10.9 Å². The Bertz CT molecular complexity index is 1170. The molecule has 3 aromatic heterocycles. The van der Waals surface area contributed by atoms with Gasteiger partial charge in [0.05, 0.1) is 28.6 Å². The molecular formula is C22H17N3O2S2. The molecule has 0 spiro atoms. The number of benzene rings is 1. The van der Waals surface area contributed by atoms with Crippen LogP contribution in [-0.2, 0) is 4.79 Å². The zero-order chi connectivity index (χ0) is 19.6. The van der Waals surface area contributed by atoms with Gasteiger partial charge in [-0.25, -0.2) is 9.99 Å². The molecular weight excluding hydrogens is 402 g/mol. The van der Waals surface area contributed by atoms with Crippen LogP contribution < -0.4 is 0 Å². The molecule has 4 aromatic rings. The fourth-order valence-electron chi connectivity index (χ4n) is 3.36. The first-order valence-electron chi connectivity index (χ1n) is 9.23. The molecule has 29 heavy (non-hydrogen) atoms. The zero-order valence-electron chi connectivity index (χ0n) is 15.4. The van der Waals surface area contributed by atoms with E-state index in [0.29, 0.717) is 12.2 Å². The molecule has 1 aliphatic heterocycles. The molecule has 5 nitrogen and oxygen atoms in total. The van der Waals surface area contributed by atoms with Gasteiger partial charge >= 0.3 is 0 Å². The molecule has 0 aliphatic carbocycles. The van der Waals surface area contributed by atoms with Crippen molar-refractivity contribution in [2.75, 3.05) is 5.75 Å². The average molecular weight is 420 g/mol. The Morgan fingerprint density at radius 3 is 2.90 bits per heavy atom. The molecule has 4 heterocycles. The normalized spacial score (nSPS) is 16.3. The Hall–Kier alpha value is -2.90. The lowest BCUT2D eigenvalue weighted by atomic mass is 10.1. The molecule has 0 saturated heterocycles. The summed E-state index contributed by atoms with van der Waals surface area (Å²) in [6.07, 6.45) is 2.28. The Kier molecular flexibility index (Phi) is 4.91. The summed E-state index contributed by atoms with van der Waals surface area (Å²) in [6, 6.07) is 19.6. The Morgan fingerprint density at radius 1 is 1.14 bits per heavy atom. The van der Waals surface area contributed by atoms with Gasteiger partial charge in [-0.05, 0) is 35.7 Å². The van der Waals surface area contributed by atoms with Crippen LogP contribution in [0.2, 0.25) is 0 Å². The van der Waals surface area contributed by atoms with Gasteiger partial charge in [0.1, 0.15) is 11.5 Å². The lowest BCUT2D eigenvalue weighted by Crippen LogP contribution is -2.28. The molecule has 144 valence electrons. The van der Waals surface area contributed by atoms with E-state index in [2.05, 4.69) is 10.1 Å². The molecule has 1 atom stereocenters. The monoisotopic (exact) mass is 419 g/mol. The van der Waals surface area contributed by atoms with Crippen LogP contribution in [0, 0.1) is 0 Å². The van der Waals surface area contributed by atoms with E-state index in [9.17, 15) is 4.79 Å². The summed E-state index contributed by atoms with van der Waals surface area (Å²) >= 11 is 3.08. The van der Waals surface area contributed by atoms with Gasteiger partial charge in [0.2, 0.25) is 0 Å². The number of carbonyl (C=O) groups is 1. The number of amides is 1. The quantitative estimate of drug-likeness (QED) is 0.409. The Labute approximate surface area is 176 Å². The second-order valence-corrected chi connectivity index (χ2v) is 8.60. The van der Waals surface area contributed by atoms with Crippen molar-refractivity contribution in [3.8, 4) is 0 Å². The van der Waals surface area contributed by atoms with Gasteiger partial charge < -0.3 is 4.42 Å². The van der Waals surface area contributed by atoms with Crippen LogP contribution in [0.15, 0.2) is 86.9 Å². The van der Waals surface area contributed by atoms with Crippen molar-refractivity contribution in [3.05, 3.63) is 82.9 Å². The summed E-state index contributed by atoms with van der Waals surface area (Å²) in [6.45, 7) is 0. The molecule has 1 aromatic carbocycles. The first-order chi connectivity index (χ1) is 14.3. The lowest BCUT2D eigenvalue weighted by Gasteiger charge is -2.20. The van der Waals surface area contributed by atoms with E-state index in [4.69, 9.17) is 4.42 Å². The minimum absolute atomic E-state index is 0.0371. The van der Waals surface area contributed by atoms with Crippen LogP contribution in [0.1, 0.15) is 23.1 Å². The fraction of sp³-hybridized carbons (Fsp3) is 0.136. The maximum Gasteiger partial charge on any atom is 0.253 e. The lowest BCUT2D eigenvalue weighted by molar-refractivity contribution is -0.130. The van der Waals surface area contributed by atoms with Crippen LogP contribution >= 0.6 is 23.1 Å². The smallest absolute Gasteiger partial charge is 0.253 e. The van der Waals surface area contributed by atoms with Gasteiger partial charge in [-0.1, -0.05) is 42.1 Å².